The maximum absolute atomic E-state index is 11.7. The summed E-state index contributed by atoms with van der Waals surface area (Å²) in [4.78, 5) is 35.9. The molecule has 0 aliphatic heterocycles. The van der Waals surface area contributed by atoms with E-state index in [1.54, 1.807) is 6.07 Å². The molecule has 0 aliphatic carbocycles. The highest BCUT2D eigenvalue weighted by Crippen LogP contribution is 2.15. The Morgan fingerprint density at radius 2 is 2.16 bits per heavy atom. The highest BCUT2D eigenvalue weighted by molar-refractivity contribution is 6.01. The quantitative estimate of drug-likeness (QED) is 0.723. The molecular weight excluding hydrogens is 254 g/mol. The predicted octanol–water partition coefficient (Wildman–Crippen LogP) is 0.123. The van der Waals surface area contributed by atoms with Crippen LogP contribution in [0.15, 0.2) is 23.0 Å². The number of amides is 1. The number of aromatic carboxylic acids is 1. The van der Waals surface area contributed by atoms with Gasteiger partial charge in [-0.15, -0.1) is 0 Å². The molecule has 0 unspecified atom stereocenters. The molecule has 1 heterocycles. The number of carboxylic acids is 1. The molecule has 8 heteroatoms. The van der Waals surface area contributed by atoms with Gasteiger partial charge in [0, 0.05) is 0 Å². The van der Waals surface area contributed by atoms with Crippen LogP contribution in [0, 0.1) is 0 Å². The van der Waals surface area contributed by atoms with Crippen molar-refractivity contribution >= 4 is 23.1 Å². The molecule has 19 heavy (non-hydrogen) atoms. The normalized spacial score (nSPS) is 10.5. The van der Waals surface area contributed by atoms with Gasteiger partial charge >= 0.3 is 17.8 Å². The molecule has 1 aromatic heterocycles. The molecular formula is C11H11N3O5. The summed E-state index contributed by atoms with van der Waals surface area (Å²) in [6.45, 7) is -0.0950. The number of imidazole rings is 1. The van der Waals surface area contributed by atoms with Crippen LogP contribution in [0.25, 0.3) is 11.0 Å². The molecule has 0 saturated carbocycles. The molecule has 8 nitrogen and oxygen atoms in total. The first-order chi connectivity index (χ1) is 9.00. The third kappa shape index (κ3) is 2.41. The molecule has 0 spiro atoms. The van der Waals surface area contributed by atoms with Crippen molar-refractivity contribution in [3.63, 3.8) is 0 Å². The summed E-state index contributed by atoms with van der Waals surface area (Å²) >= 11 is 0. The van der Waals surface area contributed by atoms with Gasteiger partial charge < -0.3 is 20.6 Å². The number of ether oxygens (including phenoxy) is 1. The van der Waals surface area contributed by atoms with E-state index in [0.717, 1.165) is 0 Å². The summed E-state index contributed by atoms with van der Waals surface area (Å²) in [6.07, 6.45) is -0.952. The number of carbonyl (C=O) groups excluding carboxylic acids is 1. The second-order valence-electron chi connectivity index (χ2n) is 3.76. The lowest BCUT2D eigenvalue weighted by Crippen LogP contribution is -2.23. The fraction of sp³-hybridized carbons (Fsp3) is 0.182. The Labute approximate surface area is 106 Å². The van der Waals surface area contributed by atoms with E-state index in [4.69, 9.17) is 10.8 Å². The Bertz CT molecular complexity index is 700. The summed E-state index contributed by atoms with van der Waals surface area (Å²) in [7, 11) is 0. The van der Waals surface area contributed by atoms with Crippen molar-refractivity contribution in [3.8, 4) is 0 Å². The lowest BCUT2D eigenvalue weighted by Gasteiger charge is -2.05. The minimum Gasteiger partial charge on any atom is -0.478 e. The summed E-state index contributed by atoms with van der Waals surface area (Å²) in [5, 5.41) is 9.10. The van der Waals surface area contributed by atoms with E-state index in [1.807, 2.05) is 0 Å². The first kappa shape index (κ1) is 12.7. The molecule has 0 radical (unpaired) electrons. The van der Waals surface area contributed by atoms with Gasteiger partial charge in [0.1, 0.15) is 6.61 Å². The zero-order valence-corrected chi connectivity index (χ0v) is 9.75. The molecule has 0 atom stereocenters. The third-order valence-corrected chi connectivity index (χ3v) is 2.58. The number of aromatic nitrogens is 2. The van der Waals surface area contributed by atoms with Gasteiger partial charge in [0.2, 0.25) is 0 Å². The number of aromatic amines is 1. The van der Waals surface area contributed by atoms with E-state index in [0.29, 0.717) is 5.52 Å². The molecule has 0 bridgehead atoms. The number of primary amides is 1. The van der Waals surface area contributed by atoms with Crippen LogP contribution in [-0.4, -0.2) is 33.3 Å². The van der Waals surface area contributed by atoms with Gasteiger partial charge in [-0.1, -0.05) is 6.07 Å². The van der Waals surface area contributed by atoms with Crippen molar-refractivity contribution < 1.29 is 19.4 Å². The van der Waals surface area contributed by atoms with Crippen molar-refractivity contribution in [3.05, 3.63) is 34.2 Å². The first-order valence-electron chi connectivity index (χ1n) is 5.37. The predicted molar refractivity (Wildman–Crippen MR) is 65.1 cm³/mol. The first-order valence-corrected chi connectivity index (χ1v) is 5.37. The largest absolute Gasteiger partial charge is 0.478 e. The van der Waals surface area contributed by atoms with Crippen LogP contribution in [0.5, 0.6) is 0 Å². The molecule has 0 fully saturated rings. The number of benzene rings is 1. The van der Waals surface area contributed by atoms with Crippen LogP contribution in [0.2, 0.25) is 0 Å². The minimum absolute atomic E-state index is 0.00470. The summed E-state index contributed by atoms with van der Waals surface area (Å²) < 4.78 is 5.73. The van der Waals surface area contributed by atoms with Crippen LogP contribution in [0.1, 0.15) is 10.4 Å². The van der Waals surface area contributed by atoms with Gasteiger partial charge in [-0.05, 0) is 12.1 Å². The van der Waals surface area contributed by atoms with E-state index < -0.39 is 17.8 Å². The highest BCUT2D eigenvalue weighted by Gasteiger charge is 2.15. The van der Waals surface area contributed by atoms with Crippen LogP contribution in [0.4, 0.5) is 4.79 Å². The van der Waals surface area contributed by atoms with Crippen molar-refractivity contribution in [1.29, 1.82) is 0 Å². The Morgan fingerprint density at radius 3 is 2.79 bits per heavy atom. The van der Waals surface area contributed by atoms with E-state index in [2.05, 4.69) is 9.72 Å². The molecule has 2 rings (SSSR count). The smallest absolute Gasteiger partial charge is 0.404 e. The molecule has 0 aliphatic rings. The topological polar surface area (TPSA) is 127 Å². The summed E-state index contributed by atoms with van der Waals surface area (Å²) in [6, 6.07) is 4.52. The second-order valence-corrected chi connectivity index (χ2v) is 3.76. The maximum atomic E-state index is 11.7. The Hall–Kier alpha value is -2.77. The zero-order chi connectivity index (χ0) is 14.0. The third-order valence-electron chi connectivity index (χ3n) is 2.58. The lowest BCUT2D eigenvalue weighted by atomic mass is 10.2. The van der Waals surface area contributed by atoms with Crippen LogP contribution in [-0.2, 0) is 11.3 Å². The fourth-order valence-corrected chi connectivity index (χ4v) is 1.84. The van der Waals surface area contributed by atoms with Gasteiger partial charge in [-0.3, -0.25) is 4.57 Å². The monoisotopic (exact) mass is 265 g/mol. The van der Waals surface area contributed by atoms with E-state index in [-0.39, 0.29) is 24.2 Å². The van der Waals surface area contributed by atoms with Crippen molar-refractivity contribution in [1.82, 2.24) is 9.55 Å². The van der Waals surface area contributed by atoms with Crippen molar-refractivity contribution in [2.24, 2.45) is 5.73 Å². The number of hydrogen-bond donors (Lipinski definition) is 3. The zero-order valence-electron chi connectivity index (χ0n) is 9.75. The van der Waals surface area contributed by atoms with Gasteiger partial charge in [0.05, 0.1) is 23.1 Å². The summed E-state index contributed by atoms with van der Waals surface area (Å²) in [5.41, 5.74) is 4.99. The number of nitrogens with one attached hydrogen (secondary N) is 1. The molecule has 2 aromatic rings. The second kappa shape index (κ2) is 4.84. The number of rotatable bonds is 4. The average molecular weight is 265 g/mol. The van der Waals surface area contributed by atoms with E-state index in [9.17, 15) is 14.4 Å². The maximum Gasteiger partial charge on any atom is 0.404 e. The van der Waals surface area contributed by atoms with Gasteiger partial charge in [0.25, 0.3) is 0 Å². The van der Waals surface area contributed by atoms with Gasteiger partial charge in [-0.2, -0.15) is 0 Å². The fourth-order valence-electron chi connectivity index (χ4n) is 1.84. The van der Waals surface area contributed by atoms with E-state index in [1.165, 1.54) is 16.7 Å². The van der Waals surface area contributed by atoms with Gasteiger partial charge in [-0.25, -0.2) is 14.4 Å². The molecule has 1 aromatic carbocycles. The molecule has 1 amide bonds. The number of hydrogen-bond acceptors (Lipinski definition) is 4. The number of nitrogens with zero attached hydrogens (tertiary/aromatic N) is 1. The average Bonchev–Trinajstić information content (AvgIpc) is 2.65. The van der Waals surface area contributed by atoms with E-state index >= 15 is 0 Å². The molecule has 0 saturated heterocycles. The van der Waals surface area contributed by atoms with Crippen LogP contribution >= 0.6 is 0 Å². The van der Waals surface area contributed by atoms with Gasteiger partial charge in [0.15, 0.2) is 0 Å². The number of nitrogens with two attached hydrogens (primary N) is 1. The Morgan fingerprint density at radius 1 is 1.42 bits per heavy atom. The molecule has 100 valence electrons. The number of fused-ring (bicyclic) bond motifs is 1. The Kier molecular flexibility index (Phi) is 3.23. The number of H-pyrrole nitrogens is 1. The minimum atomic E-state index is -1.14. The highest BCUT2D eigenvalue weighted by atomic mass is 16.5. The van der Waals surface area contributed by atoms with Crippen LogP contribution < -0.4 is 11.4 Å². The van der Waals surface area contributed by atoms with Crippen LogP contribution in [0.3, 0.4) is 0 Å². The lowest BCUT2D eigenvalue weighted by molar-refractivity contribution is 0.0698. The summed E-state index contributed by atoms with van der Waals surface area (Å²) in [5.74, 6) is -1.14. The van der Waals surface area contributed by atoms with Crippen molar-refractivity contribution in [2.75, 3.05) is 6.61 Å². The SMILES string of the molecule is NC(=O)OCCn1c(=O)[nH]c2cccc(C(=O)O)c21. The number of carbonyl (C=O) groups is 2. The number of carboxylic acid groups (broad SMARTS) is 1. The Balaban J connectivity index is 2.47. The standard InChI is InChI=1S/C11H11N3O5/c12-10(17)19-5-4-14-8-6(9(15)16)2-1-3-7(8)13-11(14)18/h1-3H,4-5H2,(H2,12,17)(H,13,18)(H,15,16). The number of para-hydroxylation sites is 1. The van der Waals surface area contributed by atoms with Crippen molar-refractivity contribution in [2.45, 2.75) is 6.54 Å². The molecule has 4 N–H and O–H groups in total.